The molecule has 0 saturated carbocycles. The fourth-order valence-electron chi connectivity index (χ4n) is 4.82. The Hall–Kier alpha value is -3.40. The second kappa shape index (κ2) is 10.2. The lowest BCUT2D eigenvalue weighted by molar-refractivity contribution is -0.143. The van der Waals surface area contributed by atoms with E-state index >= 15 is 4.39 Å². The van der Waals surface area contributed by atoms with Gasteiger partial charge in [0, 0.05) is 17.7 Å². The minimum atomic E-state index is -5.18. The number of halogens is 6. The van der Waals surface area contributed by atoms with Gasteiger partial charge in [-0.1, -0.05) is 29.8 Å². The Morgan fingerprint density at radius 3 is 2.51 bits per heavy atom. The van der Waals surface area contributed by atoms with Crippen molar-refractivity contribution in [2.75, 3.05) is 13.8 Å². The first-order valence-electron chi connectivity index (χ1n) is 11.2. The quantitative estimate of drug-likeness (QED) is 0.367. The van der Waals surface area contributed by atoms with Crippen molar-refractivity contribution in [1.82, 2.24) is 5.32 Å². The van der Waals surface area contributed by atoms with E-state index in [4.69, 9.17) is 21.1 Å². The summed E-state index contributed by atoms with van der Waals surface area (Å²) in [6.45, 7) is -0.0393. The highest BCUT2D eigenvalue weighted by molar-refractivity contribution is 6.31. The van der Waals surface area contributed by atoms with Gasteiger partial charge in [-0.15, -0.1) is 0 Å². The second-order valence-corrected chi connectivity index (χ2v) is 9.00. The van der Waals surface area contributed by atoms with Crippen molar-refractivity contribution in [3.63, 3.8) is 0 Å². The molecule has 1 aliphatic heterocycles. The zero-order chi connectivity index (χ0) is 27.1. The number of carbonyl (C=O) groups excluding carboxylic acids is 2. The van der Waals surface area contributed by atoms with Crippen LogP contribution >= 0.6 is 11.6 Å². The number of dihydropyridines is 1. The number of rotatable bonds is 5. The molecule has 1 heterocycles. The smallest absolute Gasteiger partial charge is 0.418 e. The van der Waals surface area contributed by atoms with Crippen LogP contribution in [0.4, 0.5) is 22.0 Å². The summed E-state index contributed by atoms with van der Waals surface area (Å²) in [5.74, 6) is -5.76. The highest BCUT2D eigenvalue weighted by atomic mass is 35.5. The van der Waals surface area contributed by atoms with Crippen molar-refractivity contribution in [3.05, 3.63) is 92.1 Å². The number of fused-ring (bicyclic) bond motifs is 1. The molecule has 0 spiro atoms. The SMILES string of the molecule is COC(=O)C1=C(CF)NC(C)=C(C(=O)OC2C=C3CC=CC=C3C2)C1c1c(F)ccc(Cl)c1C(F)(F)F. The fraction of sp³-hybridized carbons (Fsp3) is 0.308. The van der Waals surface area contributed by atoms with Crippen LogP contribution < -0.4 is 5.32 Å². The third-order valence-corrected chi connectivity index (χ3v) is 6.68. The predicted molar refractivity (Wildman–Crippen MR) is 124 cm³/mol. The molecular weight excluding hydrogens is 521 g/mol. The van der Waals surface area contributed by atoms with Crippen LogP contribution in [-0.4, -0.2) is 31.8 Å². The molecule has 5 nitrogen and oxygen atoms in total. The molecule has 196 valence electrons. The van der Waals surface area contributed by atoms with E-state index < -0.39 is 75.6 Å². The summed E-state index contributed by atoms with van der Waals surface area (Å²) in [7, 11) is 0.929. The average molecular weight is 542 g/mol. The molecule has 0 radical (unpaired) electrons. The summed E-state index contributed by atoms with van der Waals surface area (Å²) in [6.07, 6.45) is 2.41. The number of hydrogen-bond acceptors (Lipinski definition) is 5. The van der Waals surface area contributed by atoms with Gasteiger partial charge in [-0.05, 0) is 42.7 Å². The Morgan fingerprint density at radius 1 is 1.16 bits per heavy atom. The van der Waals surface area contributed by atoms with E-state index in [1.807, 2.05) is 18.2 Å². The maximum atomic E-state index is 15.2. The molecule has 1 aromatic carbocycles. The molecule has 0 aromatic heterocycles. The van der Waals surface area contributed by atoms with Gasteiger partial charge in [0.1, 0.15) is 18.6 Å². The maximum Gasteiger partial charge on any atom is 0.418 e. The molecule has 0 fully saturated rings. The van der Waals surface area contributed by atoms with Gasteiger partial charge in [0.25, 0.3) is 0 Å². The van der Waals surface area contributed by atoms with Gasteiger partial charge in [0.2, 0.25) is 0 Å². The van der Waals surface area contributed by atoms with E-state index in [0.29, 0.717) is 25.0 Å². The van der Waals surface area contributed by atoms with Gasteiger partial charge >= 0.3 is 18.1 Å². The van der Waals surface area contributed by atoms with Crippen LogP contribution in [0.15, 0.2) is 70.1 Å². The summed E-state index contributed by atoms with van der Waals surface area (Å²) in [6, 6.07) is 1.40. The van der Waals surface area contributed by atoms with Crippen molar-refractivity contribution >= 4 is 23.5 Å². The summed E-state index contributed by atoms with van der Waals surface area (Å²) in [5, 5.41) is 1.68. The lowest BCUT2D eigenvalue weighted by Gasteiger charge is -2.32. The molecule has 0 saturated heterocycles. The van der Waals surface area contributed by atoms with E-state index in [-0.39, 0.29) is 5.70 Å². The normalized spacial score (nSPS) is 21.3. The van der Waals surface area contributed by atoms with Crippen LogP contribution in [0.5, 0.6) is 0 Å². The number of benzene rings is 1. The molecule has 11 heteroatoms. The molecule has 1 N–H and O–H groups in total. The zero-order valence-corrected chi connectivity index (χ0v) is 20.4. The maximum absolute atomic E-state index is 15.2. The third-order valence-electron chi connectivity index (χ3n) is 6.37. The Balaban J connectivity index is 1.88. The number of ether oxygens (including phenoxy) is 2. The van der Waals surface area contributed by atoms with Crippen molar-refractivity contribution in [3.8, 4) is 0 Å². The lowest BCUT2D eigenvalue weighted by atomic mass is 9.78. The molecule has 37 heavy (non-hydrogen) atoms. The average Bonchev–Trinajstić information content (AvgIpc) is 3.25. The Kier molecular flexibility index (Phi) is 7.32. The van der Waals surface area contributed by atoms with Gasteiger partial charge in [0.15, 0.2) is 0 Å². The molecule has 2 aliphatic carbocycles. The van der Waals surface area contributed by atoms with E-state index in [9.17, 15) is 27.2 Å². The van der Waals surface area contributed by atoms with Gasteiger partial charge in [-0.3, -0.25) is 0 Å². The number of nitrogens with one attached hydrogen (secondary N) is 1. The third kappa shape index (κ3) is 4.94. The number of hydrogen-bond donors (Lipinski definition) is 1. The fourth-order valence-corrected chi connectivity index (χ4v) is 5.09. The van der Waals surface area contributed by atoms with Gasteiger partial charge in [-0.25, -0.2) is 18.4 Å². The number of alkyl halides is 4. The predicted octanol–water partition coefficient (Wildman–Crippen LogP) is 5.98. The Morgan fingerprint density at radius 2 is 1.89 bits per heavy atom. The minimum Gasteiger partial charge on any atom is -0.466 e. The first-order chi connectivity index (χ1) is 17.5. The number of allylic oxidation sites excluding steroid dienone is 6. The molecule has 1 aromatic rings. The Bertz CT molecular complexity index is 1320. The lowest BCUT2D eigenvalue weighted by Crippen LogP contribution is -2.35. The van der Waals surface area contributed by atoms with Crippen LogP contribution in [0.1, 0.15) is 36.8 Å². The summed E-state index contributed by atoms with van der Waals surface area (Å²) < 4.78 is 81.9. The number of carbonyl (C=O) groups is 2. The molecule has 2 atom stereocenters. The second-order valence-electron chi connectivity index (χ2n) is 8.59. The van der Waals surface area contributed by atoms with E-state index in [1.54, 1.807) is 6.08 Å². The molecule has 4 rings (SSSR count). The molecular formula is C26H21ClF5NO4. The van der Waals surface area contributed by atoms with Crippen LogP contribution in [0, 0.1) is 5.82 Å². The first kappa shape index (κ1) is 26.7. The highest BCUT2D eigenvalue weighted by Gasteiger charge is 2.47. The minimum absolute atomic E-state index is 0.105. The molecule has 0 bridgehead atoms. The van der Waals surface area contributed by atoms with Crippen molar-refractivity contribution in [1.29, 1.82) is 0 Å². The first-order valence-corrected chi connectivity index (χ1v) is 11.5. The van der Waals surface area contributed by atoms with E-state index in [2.05, 4.69) is 5.32 Å². The topological polar surface area (TPSA) is 64.6 Å². The largest absolute Gasteiger partial charge is 0.466 e. The molecule has 2 unspecified atom stereocenters. The number of methoxy groups -OCH3 is 1. The van der Waals surface area contributed by atoms with Gasteiger partial charge < -0.3 is 14.8 Å². The standard InChI is InChI=1S/C26H21ClF5NO4/c1-12-19(25(35)37-15-9-13-5-3-4-6-14(13)10-15)22(21(24(34)36-2)18(11-28)33-12)20-17(29)8-7-16(27)23(20)26(30,31)32/h3-5,7-8,10,15,22,33H,6,9,11H2,1-2H3. The monoisotopic (exact) mass is 541 g/mol. The van der Waals surface area contributed by atoms with Crippen molar-refractivity contribution in [2.24, 2.45) is 0 Å². The van der Waals surface area contributed by atoms with Gasteiger partial charge in [-0.2, -0.15) is 13.2 Å². The van der Waals surface area contributed by atoms with Crippen LogP contribution in [0.3, 0.4) is 0 Å². The van der Waals surface area contributed by atoms with Crippen molar-refractivity contribution < 1.29 is 41.0 Å². The highest BCUT2D eigenvalue weighted by Crippen LogP contribution is 2.48. The van der Waals surface area contributed by atoms with Crippen LogP contribution in [0.2, 0.25) is 5.02 Å². The molecule has 3 aliphatic rings. The van der Waals surface area contributed by atoms with Crippen LogP contribution in [-0.2, 0) is 25.2 Å². The van der Waals surface area contributed by atoms with Crippen LogP contribution in [0.25, 0.3) is 0 Å². The summed E-state index contributed by atoms with van der Waals surface area (Å²) in [4.78, 5) is 26.2. The van der Waals surface area contributed by atoms with E-state index in [1.165, 1.54) is 6.92 Å². The Labute approximate surface area is 213 Å². The van der Waals surface area contributed by atoms with Crippen molar-refractivity contribution in [2.45, 2.75) is 38.0 Å². The molecule has 0 amide bonds. The summed E-state index contributed by atoms with van der Waals surface area (Å²) in [5.41, 5.74) is -2.58. The summed E-state index contributed by atoms with van der Waals surface area (Å²) >= 11 is 5.85. The van der Waals surface area contributed by atoms with Gasteiger partial charge in [0.05, 0.1) is 40.5 Å². The number of esters is 2. The zero-order valence-electron chi connectivity index (χ0n) is 19.6. The van der Waals surface area contributed by atoms with E-state index in [0.717, 1.165) is 18.3 Å².